The Labute approximate surface area is 109 Å². The highest BCUT2D eigenvalue weighted by Gasteiger charge is 2.46. The second kappa shape index (κ2) is 4.81. The lowest BCUT2D eigenvalue weighted by molar-refractivity contribution is -0.186. The largest absolute Gasteiger partial charge is 0.406 e. The summed E-state index contributed by atoms with van der Waals surface area (Å²) in [4.78, 5) is 4.22. The maximum absolute atomic E-state index is 12.7. The molecule has 0 amide bonds. The summed E-state index contributed by atoms with van der Waals surface area (Å²) in [5.74, 6) is 0. The number of rotatable bonds is 3. The third-order valence-electron chi connectivity index (χ3n) is 3.09. The van der Waals surface area contributed by atoms with Gasteiger partial charge in [0.05, 0.1) is 5.52 Å². The smallest absolute Gasteiger partial charge is 0.300 e. The number of nitrogens with one attached hydrogen (secondary N) is 1. The van der Waals surface area contributed by atoms with E-state index in [-0.39, 0.29) is 6.54 Å². The van der Waals surface area contributed by atoms with Crippen LogP contribution in [0.15, 0.2) is 36.5 Å². The van der Waals surface area contributed by atoms with Crippen LogP contribution in [0.2, 0.25) is 0 Å². The van der Waals surface area contributed by atoms with E-state index in [1.807, 2.05) is 30.3 Å². The standard InChI is InChI=1S/C14H15F3N2/c1-13(2,14(15,16)17)19-9-10-7-11-5-3-4-6-12(11)18-8-10/h3-8,19H,9H2,1-2H3. The lowest BCUT2D eigenvalue weighted by atomic mass is 10.0. The monoisotopic (exact) mass is 268 g/mol. The van der Waals surface area contributed by atoms with E-state index in [0.29, 0.717) is 0 Å². The van der Waals surface area contributed by atoms with E-state index in [9.17, 15) is 13.2 Å². The number of hydrogen-bond donors (Lipinski definition) is 1. The van der Waals surface area contributed by atoms with Crippen LogP contribution in [-0.2, 0) is 6.54 Å². The summed E-state index contributed by atoms with van der Waals surface area (Å²) >= 11 is 0. The van der Waals surface area contributed by atoms with Crippen LogP contribution in [-0.4, -0.2) is 16.7 Å². The fourth-order valence-corrected chi connectivity index (χ4v) is 1.64. The summed E-state index contributed by atoms with van der Waals surface area (Å²) in [6.07, 6.45) is -2.68. The highest BCUT2D eigenvalue weighted by atomic mass is 19.4. The third-order valence-corrected chi connectivity index (χ3v) is 3.09. The first kappa shape index (κ1) is 13.8. The second-order valence-corrected chi connectivity index (χ2v) is 5.01. The van der Waals surface area contributed by atoms with Crippen LogP contribution in [0, 0.1) is 0 Å². The number of hydrogen-bond acceptors (Lipinski definition) is 2. The molecule has 0 fully saturated rings. The SMILES string of the molecule is CC(C)(NCc1cnc2ccccc2c1)C(F)(F)F. The van der Waals surface area contributed by atoms with Gasteiger partial charge in [-0.2, -0.15) is 13.2 Å². The first-order valence-electron chi connectivity index (χ1n) is 5.95. The van der Waals surface area contributed by atoms with Crippen molar-refractivity contribution >= 4 is 10.9 Å². The highest BCUT2D eigenvalue weighted by molar-refractivity contribution is 5.78. The Morgan fingerprint density at radius 2 is 1.84 bits per heavy atom. The molecular formula is C14H15F3N2. The van der Waals surface area contributed by atoms with Gasteiger partial charge in [-0.15, -0.1) is 0 Å². The Balaban J connectivity index is 2.14. The summed E-state index contributed by atoms with van der Waals surface area (Å²) in [5, 5.41) is 3.44. The van der Waals surface area contributed by atoms with Crippen LogP contribution in [0.25, 0.3) is 10.9 Å². The maximum atomic E-state index is 12.7. The van der Waals surface area contributed by atoms with Crippen LogP contribution in [0.3, 0.4) is 0 Å². The van der Waals surface area contributed by atoms with Crippen molar-refractivity contribution in [2.75, 3.05) is 0 Å². The number of para-hydroxylation sites is 1. The molecule has 0 atom stereocenters. The van der Waals surface area contributed by atoms with Crippen molar-refractivity contribution in [3.8, 4) is 0 Å². The number of benzene rings is 1. The van der Waals surface area contributed by atoms with E-state index in [1.165, 1.54) is 0 Å². The number of nitrogens with zero attached hydrogens (tertiary/aromatic N) is 1. The van der Waals surface area contributed by atoms with Gasteiger partial charge in [0.2, 0.25) is 0 Å². The van der Waals surface area contributed by atoms with E-state index in [1.54, 1.807) is 6.20 Å². The van der Waals surface area contributed by atoms with E-state index >= 15 is 0 Å². The van der Waals surface area contributed by atoms with E-state index < -0.39 is 11.7 Å². The molecule has 1 aromatic carbocycles. The molecule has 0 saturated heterocycles. The van der Waals surface area contributed by atoms with Crippen LogP contribution in [0.5, 0.6) is 0 Å². The summed E-state index contributed by atoms with van der Waals surface area (Å²) in [6, 6.07) is 9.36. The Hall–Kier alpha value is -1.62. The number of aromatic nitrogens is 1. The topological polar surface area (TPSA) is 24.9 Å². The minimum Gasteiger partial charge on any atom is -0.300 e. The molecule has 102 valence electrons. The Morgan fingerprint density at radius 3 is 2.53 bits per heavy atom. The molecule has 2 rings (SSSR count). The zero-order valence-corrected chi connectivity index (χ0v) is 10.8. The Morgan fingerprint density at radius 1 is 1.16 bits per heavy atom. The minimum absolute atomic E-state index is 0.129. The predicted octanol–water partition coefficient (Wildman–Crippen LogP) is 3.67. The number of fused-ring (bicyclic) bond motifs is 1. The van der Waals surface area contributed by atoms with Gasteiger partial charge in [0.1, 0.15) is 5.54 Å². The van der Waals surface area contributed by atoms with Crippen LogP contribution in [0.4, 0.5) is 13.2 Å². The minimum atomic E-state index is -4.28. The first-order valence-corrected chi connectivity index (χ1v) is 5.95. The maximum Gasteiger partial charge on any atom is 0.406 e. The van der Waals surface area contributed by atoms with Crippen molar-refractivity contribution in [3.05, 3.63) is 42.1 Å². The zero-order valence-electron chi connectivity index (χ0n) is 10.8. The van der Waals surface area contributed by atoms with E-state index in [2.05, 4.69) is 10.3 Å². The van der Waals surface area contributed by atoms with Crippen molar-refractivity contribution in [2.45, 2.75) is 32.1 Å². The van der Waals surface area contributed by atoms with Gasteiger partial charge < -0.3 is 0 Å². The highest BCUT2D eigenvalue weighted by Crippen LogP contribution is 2.29. The molecule has 0 saturated carbocycles. The molecule has 2 nitrogen and oxygen atoms in total. The van der Waals surface area contributed by atoms with Gasteiger partial charge in [-0.05, 0) is 31.5 Å². The van der Waals surface area contributed by atoms with Crippen molar-refractivity contribution in [3.63, 3.8) is 0 Å². The molecular weight excluding hydrogens is 253 g/mol. The van der Waals surface area contributed by atoms with E-state index in [0.717, 1.165) is 30.3 Å². The van der Waals surface area contributed by atoms with Crippen LogP contribution >= 0.6 is 0 Å². The third kappa shape index (κ3) is 3.04. The first-order chi connectivity index (χ1) is 8.79. The zero-order chi connectivity index (χ0) is 14.1. The summed E-state index contributed by atoms with van der Waals surface area (Å²) in [6.45, 7) is 2.38. The molecule has 2 aromatic rings. The van der Waals surface area contributed by atoms with Gasteiger partial charge in [0.25, 0.3) is 0 Å². The normalized spacial score (nSPS) is 12.9. The van der Waals surface area contributed by atoms with Gasteiger partial charge in [0.15, 0.2) is 0 Å². The second-order valence-electron chi connectivity index (χ2n) is 5.01. The average Bonchev–Trinajstić information content (AvgIpc) is 2.35. The molecule has 1 heterocycles. The molecule has 0 aliphatic rings. The van der Waals surface area contributed by atoms with Gasteiger partial charge in [-0.25, -0.2) is 0 Å². The van der Waals surface area contributed by atoms with Crippen molar-refractivity contribution in [2.24, 2.45) is 0 Å². The molecule has 0 aliphatic heterocycles. The molecule has 0 unspecified atom stereocenters. The van der Waals surface area contributed by atoms with Crippen molar-refractivity contribution in [1.82, 2.24) is 10.3 Å². The predicted molar refractivity (Wildman–Crippen MR) is 68.7 cm³/mol. The molecule has 1 N–H and O–H groups in total. The molecule has 19 heavy (non-hydrogen) atoms. The average molecular weight is 268 g/mol. The van der Waals surface area contributed by atoms with Crippen LogP contribution in [0.1, 0.15) is 19.4 Å². The van der Waals surface area contributed by atoms with Gasteiger partial charge in [-0.1, -0.05) is 18.2 Å². The van der Waals surface area contributed by atoms with Gasteiger partial charge in [-0.3, -0.25) is 10.3 Å². The van der Waals surface area contributed by atoms with Gasteiger partial charge in [0, 0.05) is 18.1 Å². The number of pyridine rings is 1. The lowest BCUT2D eigenvalue weighted by Gasteiger charge is -2.29. The molecule has 5 heteroatoms. The quantitative estimate of drug-likeness (QED) is 0.918. The van der Waals surface area contributed by atoms with Crippen molar-refractivity contribution < 1.29 is 13.2 Å². The molecule has 0 radical (unpaired) electrons. The van der Waals surface area contributed by atoms with Crippen molar-refractivity contribution in [1.29, 1.82) is 0 Å². The molecule has 1 aromatic heterocycles. The number of halogens is 3. The fraction of sp³-hybridized carbons (Fsp3) is 0.357. The summed E-state index contributed by atoms with van der Waals surface area (Å²) in [5.41, 5.74) is -0.351. The molecule has 0 bridgehead atoms. The molecule has 0 spiro atoms. The lowest BCUT2D eigenvalue weighted by Crippen LogP contribution is -2.51. The summed E-state index contributed by atoms with van der Waals surface area (Å²) in [7, 11) is 0. The van der Waals surface area contributed by atoms with Gasteiger partial charge >= 0.3 is 6.18 Å². The van der Waals surface area contributed by atoms with Crippen LogP contribution < -0.4 is 5.32 Å². The Kier molecular flexibility index (Phi) is 3.49. The Bertz CT molecular complexity index is 576. The number of alkyl halides is 3. The molecule has 0 aliphatic carbocycles. The fourth-order valence-electron chi connectivity index (χ4n) is 1.64. The summed E-state index contributed by atoms with van der Waals surface area (Å²) < 4.78 is 38.1. The van der Waals surface area contributed by atoms with E-state index in [4.69, 9.17) is 0 Å².